The Labute approximate surface area is 188 Å². The number of rotatable bonds is 6. The first-order chi connectivity index (χ1) is 15.3. The molecule has 8 nitrogen and oxygen atoms in total. The van der Waals surface area contributed by atoms with Gasteiger partial charge in [-0.05, 0) is 36.2 Å². The van der Waals surface area contributed by atoms with E-state index in [0.29, 0.717) is 24.4 Å². The van der Waals surface area contributed by atoms with Crippen LogP contribution in [0.2, 0.25) is 0 Å². The lowest BCUT2D eigenvalue weighted by atomic mass is 9.52. The van der Waals surface area contributed by atoms with Gasteiger partial charge < -0.3 is 16.2 Å². The summed E-state index contributed by atoms with van der Waals surface area (Å²) in [5, 5.41) is 30.2. The van der Waals surface area contributed by atoms with Crippen molar-refractivity contribution in [1.82, 2.24) is 4.90 Å². The maximum absolute atomic E-state index is 11.0. The second-order valence-corrected chi connectivity index (χ2v) is 8.44. The van der Waals surface area contributed by atoms with E-state index in [-0.39, 0.29) is 17.9 Å². The molecule has 0 saturated heterocycles. The number of primary amides is 1. The Bertz CT molecular complexity index is 1090. The zero-order valence-electron chi connectivity index (χ0n) is 18.3. The van der Waals surface area contributed by atoms with Gasteiger partial charge in [-0.3, -0.25) is 9.69 Å². The molecular weight excluding hydrogens is 404 g/mol. The van der Waals surface area contributed by atoms with E-state index in [1.165, 1.54) is 0 Å². The van der Waals surface area contributed by atoms with Crippen LogP contribution in [0.4, 0.5) is 0 Å². The molecule has 0 spiro atoms. The maximum Gasteiger partial charge on any atom is 0.255 e. The number of benzene rings is 1. The first kappa shape index (κ1) is 22.9. The average molecular weight is 431 g/mol. The van der Waals surface area contributed by atoms with Crippen molar-refractivity contribution in [3.8, 4) is 24.0 Å². The van der Waals surface area contributed by atoms with Crippen molar-refractivity contribution in [2.45, 2.75) is 26.2 Å². The van der Waals surface area contributed by atoms with Crippen LogP contribution in [0.15, 0.2) is 47.2 Å². The number of nitrogens with zero attached hydrogens (tertiary/aromatic N) is 4. The number of hydrogen-bond acceptors (Lipinski definition) is 7. The van der Waals surface area contributed by atoms with E-state index in [0.717, 1.165) is 18.5 Å². The van der Waals surface area contributed by atoms with Crippen LogP contribution < -0.4 is 16.2 Å². The topological polar surface area (TPSA) is 153 Å². The molecule has 1 heterocycles. The van der Waals surface area contributed by atoms with E-state index in [4.69, 9.17) is 16.2 Å². The van der Waals surface area contributed by atoms with Gasteiger partial charge >= 0.3 is 0 Å². The van der Waals surface area contributed by atoms with Gasteiger partial charge in [-0.2, -0.15) is 15.8 Å². The molecule has 1 amide bonds. The second-order valence-electron chi connectivity index (χ2n) is 8.44. The largest absolute Gasteiger partial charge is 0.484 e. The van der Waals surface area contributed by atoms with Gasteiger partial charge in [-0.25, -0.2) is 0 Å². The summed E-state index contributed by atoms with van der Waals surface area (Å²) in [4.78, 5) is 13.2. The molecule has 2 aliphatic rings. The Morgan fingerprint density at radius 1 is 1.25 bits per heavy atom. The molecular formula is C24H26N6O2. The van der Waals surface area contributed by atoms with Crippen molar-refractivity contribution in [3.63, 3.8) is 0 Å². The molecule has 0 aromatic heterocycles. The highest BCUT2D eigenvalue weighted by Crippen LogP contribution is 2.59. The number of fused-ring (bicyclic) bond motifs is 1. The SMILES string of the molecule is CCCN1CC=C2C(C#N)(C#N)C(N)=C(C#N)[C@@H](c3ccc(OCC(N)=O)cc3)[C@]2(C)C1. The van der Waals surface area contributed by atoms with E-state index in [9.17, 15) is 20.6 Å². The summed E-state index contributed by atoms with van der Waals surface area (Å²) >= 11 is 0. The minimum atomic E-state index is -1.67. The quantitative estimate of drug-likeness (QED) is 0.655. The Balaban J connectivity index is 2.18. The molecule has 1 aromatic rings. The third-order valence-corrected chi connectivity index (χ3v) is 6.34. The molecule has 2 atom stereocenters. The van der Waals surface area contributed by atoms with Crippen LogP contribution in [0.5, 0.6) is 5.75 Å². The fourth-order valence-electron chi connectivity index (χ4n) is 5.04. The molecule has 0 saturated carbocycles. The van der Waals surface area contributed by atoms with Crippen LogP contribution in [-0.2, 0) is 4.79 Å². The van der Waals surface area contributed by atoms with E-state index in [1.54, 1.807) is 12.1 Å². The number of carbonyl (C=O) groups excluding carboxylic acids is 1. The third kappa shape index (κ3) is 3.58. The van der Waals surface area contributed by atoms with Gasteiger partial charge in [-0.1, -0.05) is 32.1 Å². The Kier molecular flexibility index (Phi) is 6.25. The molecule has 4 N–H and O–H groups in total. The van der Waals surface area contributed by atoms with E-state index < -0.39 is 22.7 Å². The molecule has 1 aliphatic carbocycles. The summed E-state index contributed by atoms with van der Waals surface area (Å²) in [6.07, 6.45) is 2.89. The standard InChI is InChI=1S/C24H26N6O2/c1-3-9-30-10-8-19-23(2,15-30)21(18(11-25)22(29)24(19,13-26)14-27)16-4-6-17(7-5-16)32-12-20(28)31/h4-8,21H,3,9-10,12,15,29H2,1-2H3,(H2,28,31)/t21-,23-/m1/s1. The average Bonchev–Trinajstić information content (AvgIpc) is 2.78. The molecule has 0 unspecified atom stereocenters. The molecule has 1 aromatic carbocycles. The normalized spacial score (nSPS) is 24.3. The number of nitriles is 3. The minimum absolute atomic E-state index is 0.00304. The van der Waals surface area contributed by atoms with Crippen molar-refractivity contribution < 1.29 is 9.53 Å². The molecule has 1 aliphatic heterocycles. The van der Waals surface area contributed by atoms with Crippen LogP contribution in [-0.4, -0.2) is 37.0 Å². The molecule has 8 heteroatoms. The number of nitrogens with two attached hydrogens (primary N) is 2. The summed E-state index contributed by atoms with van der Waals surface area (Å²) in [6.45, 7) is 5.92. The highest BCUT2D eigenvalue weighted by Gasteiger charge is 2.58. The zero-order valence-corrected chi connectivity index (χ0v) is 18.3. The van der Waals surface area contributed by atoms with Gasteiger partial charge in [-0.15, -0.1) is 0 Å². The van der Waals surface area contributed by atoms with Crippen LogP contribution in [0.3, 0.4) is 0 Å². The summed E-state index contributed by atoms with van der Waals surface area (Å²) < 4.78 is 5.35. The van der Waals surface area contributed by atoms with Crippen molar-refractivity contribution in [2.24, 2.45) is 22.3 Å². The predicted molar refractivity (Wildman–Crippen MR) is 117 cm³/mol. The number of carbonyl (C=O) groups is 1. The lowest BCUT2D eigenvalue weighted by Crippen LogP contribution is -2.53. The minimum Gasteiger partial charge on any atom is -0.484 e. The Morgan fingerprint density at radius 2 is 1.91 bits per heavy atom. The molecule has 164 valence electrons. The molecule has 0 bridgehead atoms. The van der Waals surface area contributed by atoms with Crippen molar-refractivity contribution in [3.05, 3.63) is 52.7 Å². The predicted octanol–water partition coefficient (Wildman–Crippen LogP) is 2.08. The van der Waals surface area contributed by atoms with Crippen LogP contribution >= 0.6 is 0 Å². The van der Waals surface area contributed by atoms with Crippen molar-refractivity contribution in [2.75, 3.05) is 26.2 Å². The van der Waals surface area contributed by atoms with Gasteiger partial charge in [0.2, 0.25) is 5.41 Å². The lowest BCUT2D eigenvalue weighted by molar-refractivity contribution is -0.119. The van der Waals surface area contributed by atoms with E-state index in [1.807, 2.05) is 25.1 Å². The molecule has 3 rings (SSSR count). The first-order valence-electron chi connectivity index (χ1n) is 10.4. The Hall–Kier alpha value is -3.80. The van der Waals surface area contributed by atoms with Crippen molar-refractivity contribution >= 4 is 5.91 Å². The van der Waals surface area contributed by atoms with Gasteiger partial charge in [0.05, 0.1) is 29.5 Å². The Morgan fingerprint density at radius 3 is 2.44 bits per heavy atom. The summed E-state index contributed by atoms with van der Waals surface area (Å²) in [7, 11) is 0. The van der Waals surface area contributed by atoms with E-state index >= 15 is 0 Å². The van der Waals surface area contributed by atoms with Gasteiger partial charge in [0.1, 0.15) is 5.75 Å². The molecule has 32 heavy (non-hydrogen) atoms. The monoisotopic (exact) mass is 430 g/mol. The third-order valence-electron chi connectivity index (χ3n) is 6.34. The number of ether oxygens (including phenoxy) is 1. The molecule has 0 fully saturated rings. The maximum atomic E-state index is 11.0. The van der Waals surface area contributed by atoms with Gasteiger partial charge in [0, 0.05) is 24.4 Å². The van der Waals surface area contributed by atoms with E-state index in [2.05, 4.69) is 30.0 Å². The highest BCUT2D eigenvalue weighted by atomic mass is 16.5. The summed E-state index contributed by atoms with van der Waals surface area (Å²) in [5.74, 6) is -0.550. The van der Waals surface area contributed by atoms with Gasteiger partial charge in [0.25, 0.3) is 5.91 Å². The summed E-state index contributed by atoms with van der Waals surface area (Å²) in [5.41, 5.74) is 10.8. The number of allylic oxidation sites excluding steroid dienone is 2. The first-order valence-corrected chi connectivity index (χ1v) is 10.4. The summed E-state index contributed by atoms with van der Waals surface area (Å²) in [6, 6.07) is 13.5. The zero-order chi connectivity index (χ0) is 23.5. The smallest absolute Gasteiger partial charge is 0.255 e. The van der Waals surface area contributed by atoms with Gasteiger partial charge in [0.15, 0.2) is 6.61 Å². The number of amides is 1. The highest BCUT2D eigenvalue weighted by molar-refractivity contribution is 5.75. The fraction of sp³-hybridized carbons (Fsp3) is 0.417. The lowest BCUT2D eigenvalue weighted by Gasteiger charge is -2.52. The second kappa shape index (κ2) is 8.75. The van der Waals surface area contributed by atoms with Crippen LogP contribution in [0, 0.1) is 44.8 Å². The van der Waals surface area contributed by atoms with Crippen LogP contribution in [0.1, 0.15) is 31.7 Å². The van der Waals surface area contributed by atoms with Crippen molar-refractivity contribution in [1.29, 1.82) is 15.8 Å². The molecule has 0 radical (unpaired) electrons. The van der Waals surface area contributed by atoms with Crippen LogP contribution in [0.25, 0.3) is 0 Å². The number of hydrogen-bond donors (Lipinski definition) is 2. The fourth-order valence-corrected chi connectivity index (χ4v) is 5.04.